The van der Waals surface area contributed by atoms with Crippen LogP contribution in [0.15, 0.2) is 30.3 Å². The van der Waals surface area contributed by atoms with Crippen LogP contribution in [0.25, 0.3) is 10.9 Å². The zero-order valence-corrected chi connectivity index (χ0v) is 12.7. The van der Waals surface area contributed by atoms with E-state index in [2.05, 4.69) is 10.3 Å². The predicted octanol–water partition coefficient (Wildman–Crippen LogP) is 3.68. The van der Waals surface area contributed by atoms with E-state index in [1.165, 1.54) is 6.07 Å². The summed E-state index contributed by atoms with van der Waals surface area (Å²) in [6, 6.07) is 6.71. The van der Waals surface area contributed by atoms with Gasteiger partial charge in [0.25, 0.3) is 0 Å². The molecule has 1 atom stereocenters. The Morgan fingerprint density at radius 2 is 1.77 bits per heavy atom. The molecule has 0 fully saturated rings. The third-order valence-electron chi connectivity index (χ3n) is 3.21. The van der Waals surface area contributed by atoms with Gasteiger partial charge in [0, 0.05) is 17.5 Å². The molecule has 1 aromatic heterocycles. The van der Waals surface area contributed by atoms with Crippen LogP contribution < -0.4 is 5.32 Å². The number of hydrogen-bond acceptors (Lipinski definition) is 3. The monoisotopic (exact) mass is 312 g/mol. The molecule has 0 aliphatic rings. The molecule has 2 N–H and O–H groups in total. The Balaban J connectivity index is 2.28. The number of nitrogens with one attached hydrogen (secondary N) is 1. The lowest BCUT2D eigenvalue weighted by Gasteiger charge is -2.22. The number of nitrogens with zero attached hydrogens (tertiary/aromatic N) is 1. The molecule has 1 heterocycles. The Morgan fingerprint density at radius 3 is 2.36 bits per heavy atom. The third-order valence-corrected chi connectivity index (χ3v) is 3.21. The van der Waals surface area contributed by atoms with Crippen molar-refractivity contribution in [3.05, 3.63) is 41.6 Å². The van der Waals surface area contributed by atoms with E-state index >= 15 is 0 Å². The van der Waals surface area contributed by atoms with Gasteiger partial charge in [-0.2, -0.15) is 13.2 Å². The Morgan fingerprint density at radius 1 is 1.14 bits per heavy atom. The standard InChI is InChI=1S/C16H19F3N2O/c1-15(2,3)20-9-14(22)12-7-5-10-4-6-11(16(17,18)19)8-13(10)21-12/h4-8,14,20,22H,9H2,1-3H3. The van der Waals surface area contributed by atoms with Crippen LogP contribution in [-0.2, 0) is 6.18 Å². The molecule has 22 heavy (non-hydrogen) atoms. The van der Waals surface area contributed by atoms with E-state index in [-0.39, 0.29) is 17.6 Å². The summed E-state index contributed by atoms with van der Waals surface area (Å²) in [5, 5.41) is 13.9. The van der Waals surface area contributed by atoms with Crippen LogP contribution in [0.2, 0.25) is 0 Å². The number of fused-ring (bicyclic) bond motifs is 1. The van der Waals surface area contributed by atoms with Crippen LogP contribution in [0.3, 0.4) is 0 Å². The van der Waals surface area contributed by atoms with Crippen LogP contribution in [0.5, 0.6) is 0 Å². The van der Waals surface area contributed by atoms with Crippen molar-refractivity contribution in [2.75, 3.05) is 6.54 Å². The van der Waals surface area contributed by atoms with Gasteiger partial charge in [0.2, 0.25) is 0 Å². The number of aliphatic hydroxyl groups excluding tert-OH is 1. The average molecular weight is 312 g/mol. The van der Waals surface area contributed by atoms with Crippen LogP contribution in [0, 0.1) is 0 Å². The number of aliphatic hydroxyl groups is 1. The van der Waals surface area contributed by atoms with E-state index in [0.717, 1.165) is 12.1 Å². The lowest BCUT2D eigenvalue weighted by molar-refractivity contribution is -0.137. The van der Waals surface area contributed by atoms with Crippen LogP contribution >= 0.6 is 0 Å². The highest BCUT2D eigenvalue weighted by Crippen LogP contribution is 2.31. The van der Waals surface area contributed by atoms with Gasteiger partial charge in [-0.3, -0.25) is 4.98 Å². The zero-order valence-electron chi connectivity index (χ0n) is 12.7. The molecule has 0 saturated heterocycles. The van der Waals surface area contributed by atoms with Gasteiger partial charge in [-0.25, -0.2) is 0 Å². The fraction of sp³-hybridized carbons (Fsp3) is 0.438. The largest absolute Gasteiger partial charge is 0.416 e. The van der Waals surface area contributed by atoms with Gasteiger partial charge in [0.15, 0.2) is 0 Å². The summed E-state index contributed by atoms with van der Waals surface area (Å²) in [6.45, 7) is 6.16. The molecule has 2 rings (SSSR count). The summed E-state index contributed by atoms with van der Waals surface area (Å²) >= 11 is 0. The third kappa shape index (κ3) is 4.18. The number of halogens is 3. The van der Waals surface area contributed by atoms with E-state index < -0.39 is 17.8 Å². The number of aromatic nitrogens is 1. The lowest BCUT2D eigenvalue weighted by Crippen LogP contribution is -2.38. The molecule has 0 aliphatic heterocycles. The summed E-state index contributed by atoms with van der Waals surface area (Å²) in [6.07, 6.45) is -5.28. The van der Waals surface area contributed by atoms with Crippen LogP contribution in [0.4, 0.5) is 13.2 Å². The minimum Gasteiger partial charge on any atom is -0.385 e. The lowest BCUT2D eigenvalue weighted by atomic mass is 10.1. The van der Waals surface area contributed by atoms with E-state index in [4.69, 9.17) is 0 Å². The number of β-amino-alcohol motifs (C(OH)–C–C–N with tert-alkyl or cyclic N) is 1. The normalized spacial score (nSPS) is 14.3. The van der Waals surface area contributed by atoms with Crippen molar-refractivity contribution >= 4 is 10.9 Å². The van der Waals surface area contributed by atoms with E-state index in [1.54, 1.807) is 12.1 Å². The predicted molar refractivity (Wildman–Crippen MR) is 79.5 cm³/mol. The first-order valence-electron chi connectivity index (χ1n) is 6.97. The van der Waals surface area contributed by atoms with Crippen LogP contribution in [0.1, 0.15) is 38.1 Å². The first-order valence-corrected chi connectivity index (χ1v) is 6.97. The molecule has 0 bridgehead atoms. The van der Waals surface area contributed by atoms with Gasteiger partial charge in [-0.15, -0.1) is 0 Å². The molecule has 1 unspecified atom stereocenters. The molecule has 2 aromatic rings. The Bertz CT molecular complexity index is 662. The molecule has 0 radical (unpaired) electrons. The van der Waals surface area contributed by atoms with Crippen molar-refractivity contribution < 1.29 is 18.3 Å². The molecule has 1 aromatic carbocycles. The number of pyridine rings is 1. The maximum absolute atomic E-state index is 12.7. The molecule has 0 spiro atoms. The Labute approximate surface area is 127 Å². The molecule has 120 valence electrons. The van der Waals surface area contributed by atoms with Gasteiger partial charge in [-0.05, 0) is 39.0 Å². The van der Waals surface area contributed by atoms with Crippen molar-refractivity contribution in [1.82, 2.24) is 10.3 Å². The van der Waals surface area contributed by atoms with Gasteiger partial charge in [0.1, 0.15) is 6.10 Å². The van der Waals surface area contributed by atoms with Crippen molar-refractivity contribution in [3.8, 4) is 0 Å². The molecule has 6 heteroatoms. The van der Waals surface area contributed by atoms with Gasteiger partial charge < -0.3 is 10.4 Å². The first kappa shape index (κ1) is 16.7. The second kappa shape index (κ2) is 5.85. The first-order chi connectivity index (χ1) is 10.1. The van der Waals surface area contributed by atoms with Crippen molar-refractivity contribution in [3.63, 3.8) is 0 Å². The van der Waals surface area contributed by atoms with Gasteiger partial charge in [0.05, 0.1) is 16.8 Å². The molecular weight excluding hydrogens is 293 g/mol. The maximum atomic E-state index is 12.7. The summed E-state index contributed by atoms with van der Waals surface area (Å²) < 4.78 is 38.2. The number of hydrogen-bond donors (Lipinski definition) is 2. The molecule has 0 saturated carbocycles. The fourth-order valence-corrected chi connectivity index (χ4v) is 2.00. The zero-order chi connectivity index (χ0) is 16.5. The van der Waals surface area contributed by atoms with Crippen molar-refractivity contribution in [1.29, 1.82) is 0 Å². The molecular formula is C16H19F3N2O. The highest BCUT2D eigenvalue weighted by molar-refractivity contribution is 5.79. The van der Waals surface area contributed by atoms with Crippen LogP contribution in [-0.4, -0.2) is 22.2 Å². The molecule has 0 amide bonds. The quantitative estimate of drug-likeness (QED) is 0.909. The van der Waals surface area contributed by atoms with E-state index in [1.807, 2.05) is 20.8 Å². The minimum absolute atomic E-state index is 0.165. The SMILES string of the molecule is CC(C)(C)NCC(O)c1ccc2ccc(C(F)(F)F)cc2n1. The van der Waals surface area contributed by atoms with Gasteiger partial charge >= 0.3 is 6.18 Å². The van der Waals surface area contributed by atoms with E-state index in [0.29, 0.717) is 11.1 Å². The number of alkyl halides is 3. The number of rotatable bonds is 3. The summed E-state index contributed by atoms with van der Waals surface area (Å²) in [5.74, 6) is 0. The Kier molecular flexibility index (Phi) is 4.44. The summed E-state index contributed by atoms with van der Waals surface area (Å²) in [4.78, 5) is 4.16. The van der Waals surface area contributed by atoms with Gasteiger partial charge in [-0.1, -0.05) is 12.1 Å². The number of benzene rings is 1. The molecule has 3 nitrogen and oxygen atoms in total. The smallest absolute Gasteiger partial charge is 0.385 e. The van der Waals surface area contributed by atoms with Crippen molar-refractivity contribution in [2.24, 2.45) is 0 Å². The van der Waals surface area contributed by atoms with E-state index in [9.17, 15) is 18.3 Å². The highest BCUT2D eigenvalue weighted by atomic mass is 19.4. The Hall–Kier alpha value is -1.66. The average Bonchev–Trinajstić information content (AvgIpc) is 2.41. The second-order valence-corrected chi connectivity index (χ2v) is 6.29. The topological polar surface area (TPSA) is 45.1 Å². The maximum Gasteiger partial charge on any atom is 0.416 e. The summed E-state index contributed by atoms with van der Waals surface area (Å²) in [7, 11) is 0. The highest BCUT2D eigenvalue weighted by Gasteiger charge is 2.30. The second-order valence-electron chi connectivity index (χ2n) is 6.29. The van der Waals surface area contributed by atoms with Crippen molar-refractivity contribution in [2.45, 2.75) is 38.6 Å². The molecule has 0 aliphatic carbocycles. The minimum atomic E-state index is -4.40. The summed E-state index contributed by atoms with van der Waals surface area (Å²) in [5.41, 5.74) is -0.334. The fourth-order valence-electron chi connectivity index (χ4n) is 2.00.